The summed E-state index contributed by atoms with van der Waals surface area (Å²) in [4.78, 5) is 12.4. The number of thioether (sulfide) groups is 1. The van der Waals surface area contributed by atoms with Crippen molar-refractivity contribution in [3.8, 4) is 5.75 Å². The highest BCUT2D eigenvalue weighted by Gasteiger charge is 2.20. The molecule has 1 amide bonds. The van der Waals surface area contributed by atoms with Gasteiger partial charge in [0.1, 0.15) is 5.75 Å². The van der Waals surface area contributed by atoms with Crippen LogP contribution in [-0.4, -0.2) is 26.4 Å². The van der Waals surface area contributed by atoms with Gasteiger partial charge in [0.2, 0.25) is 5.91 Å². The van der Waals surface area contributed by atoms with Crippen LogP contribution in [0.25, 0.3) is 0 Å². The summed E-state index contributed by atoms with van der Waals surface area (Å²) in [6.45, 7) is 6.54. The molecule has 3 rings (SSSR count). The highest BCUT2D eigenvalue weighted by Crippen LogP contribution is 2.29. The minimum atomic E-state index is -0.341. The first-order chi connectivity index (χ1) is 14.4. The van der Waals surface area contributed by atoms with Crippen LogP contribution < -0.4 is 10.1 Å². The zero-order valence-electron chi connectivity index (χ0n) is 16.9. The standard InChI is InChI=1S/C21H22BrClN4O2S/c1-4-27-20(14(3)29-18-8-6-5-7-17(18)23)25-26-21(27)30-12-19(28)24-15-9-10-16(22)13(2)11-15/h5-11,14H,4,12H2,1-3H3,(H,24,28)/t14-/m0/s1. The second-order valence-corrected chi connectivity index (χ2v) is 8.78. The number of para-hydroxylation sites is 1. The molecule has 2 aromatic carbocycles. The molecule has 0 aliphatic carbocycles. The molecule has 0 unspecified atom stereocenters. The molecule has 158 valence electrons. The second kappa shape index (κ2) is 10.3. The van der Waals surface area contributed by atoms with E-state index in [2.05, 4.69) is 31.4 Å². The van der Waals surface area contributed by atoms with Crippen molar-refractivity contribution < 1.29 is 9.53 Å². The van der Waals surface area contributed by atoms with Gasteiger partial charge >= 0.3 is 0 Å². The van der Waals surface area contributed by atoms with Crippen molar-refractivity contribution in [1.82, 2.24) is 14.8 Å². The molecule has 30 heavy (non-hydrogen) atoms. The van der Waals surface area contributed by atoms with Gasteiger partial charge in [0.25, 0.3) is 0 Å². The number of aromatic nitrogens is 3. The van der Waals surface area contributed by atoms with E-state index in [0.717, 1.165) is 15.7 Å². The number of aryl methyl sites for hydroxylation is 1. The Balaban J connectivity index is 1.64. The van der Waals surface area contributed by atoms with E-state index in [-0.39, 0.29) is 17.8 Å². The molecule has 0 radical (unpaired) electrons. The number of hydrogen-bond acceptors (Lipinski definition) is 5. The van der Waals surface area contributed by atoms with Gasteiger partial charge in [0.05, 0.1) is 10.8 Å². The van der Waals surface area contributed by atoms with Crippen LogP contribution in [0, 0.1) is 6.92 Å². The Morgan fingerprint density at radius 2 is 2.07 bits per heavy atom. The fourth-order valence-corrected chi connectivity index (χ4v) is 4.07. The molecule has 0 aliphatic heterocycles. The van der Waals surface area contributed by atoms with Crippen molar-refractivity contribution >= 4 is 50.9 Å². The highest BCUT2D eigenvalue weighted by molar-refractivity contribution is 9.10. The van der Waals surface area contributed by atoms with Crippen molar-refractivity contribution in [2.45, 2.75) is 38.6 Å². The van der Waals surface area contributed by atoms with Crippen LogP contribution in [0.15, 0.2) is 52.1 Å². The number of ether oxygens (including phenoxy) is 1. The summed E-state index contributed by atoms with van der Waals surface area (Å²) in [5.41, 5.74) is 1.82. The molecule has 6 nitrogen and oxygen atoms in total. The third-order valence-electron chi connectivity index (χ3n) is 4.34. The van der Waals surface area contributed by atoms with Crippen LogP contribution >= 0.6 is 39.3 Å². The molecule has 0 saturated heterocycles. The number of nitrogens with one attached hydrogen (secondary N) is 1. The number of nitrogens with zero attached hydrogens (tertiary/aromatic N) is 3. The summed E-state index contributed by atoms with van der Waals surface area (Å²) < 4.78 is 8.92. The SMILES string of the molecule is CCn1c(SCC(=O)Nc2ccc(Br)c(C)c2)nnc1[C@H](C)Oc1ccccc1Cl. The van der Waals surface area contributed by atoms with Gasteiger partial charge in [-0.2, -0.15) is 0 Å². The summed E-state index contributed by atoms with van der Waals surface area (Å²) in [7, 11) is 0. The van der Waals surface area contributed by atoms with E-state index in [1.807, 2.05) is 61.7 Å². The summed E-state index contributed by atoms with van der Waals surface area (Å²) in [5.74, 6) is 1.40. The van der Waals surface area contributed by atoms with Gasteiger partial charge in [-0.25, -0.2) is 0 Å². The maximum Gasteiger partial charge on any atom is 0.234 e. The van der Waals surface area contributed by atoms with Crippen LogP contribution in [0.2, 0.25) is 5.02 Å². The van der Waals surface area contributed by atoms with Crippen LogP contribution in [0.1, 0.15) is 31.3 Å². The molecule has 0 fully saturated rings. The second-order valence-electron chi connectivity index (χ2n) is 6.58. The maximum absolute atomic E-state index is 12.4. The molecular weight excluding hydrogens is 488 g/mol. The molecular formula is C21H22BrClN4O2S. The Morgan fingerprint density at radius 3 is 2.77 bits per heavy atom. The molecule has 1 aromatic heterocycles. The maximum atomic E-state index is 12.4. The third-order valence-corrected chi connectivity index (χ3v) is 6.51. The zero-order chi connectivity index (χ0) is 21.7. The molecule has 0 saturated carbocycles. The van der Waals surface area contributed by atoms with E-state index in [1.54, 1.807) is 6.07 Å². The number of hydrogen-bond donors (Lipinski definition) is 1. The van der Waals surface area contributed by atoms with Gasteiger partial charge in [-0.15, -0.1) is 10.2 Å². The first-order valence-corrected chi connectivity index (χ1v) is 11.6. The summed E-state index contributed by atoms with van der Waals surface area (Å²) in [6.07, 6.45) is -0.341. The summed E-state index contributed by atoms with van der Waals surface area (Å²) in [5, 5.41) is 12.7. The molecule has 9 heteroatoms. The summed E-state index contributed by atoms with van der Waals surface area (Å²) >= 11 is 11.0. The molecule has 0 spiro atoms. The van der Waals surface area contributed by atoms with E-state index >= 15 is 0 Å². The van der Waals surface area contributed by atoms with Gasteiger partial charge in [-0.05, 0) is 56.7 Å². The van der Waals surface area contributed by atoms with Gasteiger partial charge < -0.3 is 14.6 Å². The van der Waals surface area contributed by atoms with E-state index in [4.69, 9.17) is 16.3 Å². The topological polar surface area (TPSA) is 69.0 Å². The first-order valence-electron chi connectivity index (χ1n) is 9.42. The van der Waals surface area contributed by atoms with Crippen LogP contribution in [-0.2, 0) is 11.3 Å². The minimum Gasteiger partial charge on any atom is -0.481 e. The van der Waals surface area contributed by atoms with Gasteiger partial charge in [-0.3, -0.25) is 4.79 Å². The van der Waals surface area contributed by atoms with Crippen LogP contribution in [0.4, 0.5) is 5.69 Å². The van der Waals surface area contributed by atoms with E-state index in [1.165, 1.54) is 11.8 Å². The number of rotatable bonds is 8. The van der Waals surface area contributed by atoms with Crippen molar-refractivity contribution in [2.24, 2.45) is 0 Å². The van der Waals surface area contributed by atoms with Crippen LogP contribution in [0.3, 0.4) is 0 Å². The number of anilines is 1. The van der Waals surface area contributed by atoms with Crippen molar-refractivity contribution in [1.29, 1.82) is 0 Å². The van der Waals surface area contributed by atoms with Gasteiger partial charge in [-0.1, -0.05) is 51.4 Å². The third kappa shape index (κ3) is 5.56. The largest absolute Gasteiger partial charge is 0.481 e. The number of benzene rings is 2. The van der Waals surface area contributed by atoms with Gasteiger partial charge in [0.15, 0.2) is 17.1 Å². The Hall–Kier alpha value is -2.03. The molecule has 1 heterocycles. The average Bonchev–Trinajstić information content (AvgIpc) is 3.14. The van der Waals surface area contributed by atoms with Crippen molar-refractivity contribution in [2.75, 3.05) is 11.1 Å². The Kier molecular flexibility index (Phi) is 7.80. The molecule has 1 N–H and O–H groups in total. The van der Waals surface area contributed by atoms with Crippen molar-refractivity contribution in [3.05, 3.63) is 63.3 Å². The quantitative estimate of drug-likeness (QED) is 0.383. The molecule has 3 aromatic rings. The van der Waals surface area contributed by atoms with E-state index in [0.29, 0.717) is 28.3 Å². The first kappa shape index (κ1) is 22.7. The average molecular weight is 510 g/mol. The zero-order valence-corrected chi connectivity index (χ0v) is 20.0. The predicted octanol–water partition coefficient (Wildman–Crippen LogP) is 5.89. The number of carbonyl (C=O) groups excluding carboxylic acids is 1. The van der Waals surface area contributed by atoms with Crippen molar-refractivity contribution in [3.63, 3.8) is 0 Å². The normalized spacial score (nSPS) is 11.9. The molecule has 0 aliphatic rings. The smallest absolute Gasteiger partial charge is 0.234 e. The van der Waals surface area contributed by atoms with E-state index in [9.17, 15) is 4.79 Å². The predicted molar refractivity (Wildman–Crippen MR) is 124 cm³/mol. The molecule has 0 bridgehead atoms. The lowest BCUT2D eigenvalue weighted by atomic mass is 10.2. The fraction of sp³-hybridized carbons (Fsp3) is 0.286. The fourth-order valence-electron chi connectivity index (χ4n) is 2.84. The van der Waals surface area contributed by atoms with Crippen LogP contribution in [0.5, 0.6) is 5.75 Å². The number of carbonyl (C=O) groups is 1. The lowest BCUT2D eigenvalue weighted by molar-refractivity contribution is -0.113. The summed E-state index contributed by atoms with van der Waals surface area (Å²) in [6, 6.07) is 13.0. The molecule has 1 atom stereocenters. The lowest BCUT2D eigenvalue weighted by Crippen LogP contribution is -2.15. The Bertz CT molecular complexity index is 1040. The number of amides is 1. The monoisotopic (exact) mass is 508 g/mol. The van der Waals surface area contributed by atoms with E-state index < -0.39 is 0 Å². The number of halogens is 2. The highest BCUT2D eigenvalue weighted by atomic mass is 79.9. The lowest BCUT2D eigenvalue weighted by Gasteiger charge is -2.16. The Morgan fingerprint density at radius 1 is 1.30 bits per heavy atom. The Labute approximate surface area is 193 Å². The minimum absolute atomic E-state index is 0.103. The van der Waals surface area contributed by atoms with Gasteiger partial charge in [0, 0.05) is 16.7 Å².